The normalized spacial score (nSPS) is 15.6. The standard InChI is InChI=1S/C18H27N3O2.HI/c1-3-13-23-17-8-6-5-7-15(17)14-20-18(19-4-2)21-11-9-16(22)10-12-21;/h3,5-8,16,22H,1,4,9-14H2,2H3,(H,19,20);1H. The van der Waals surface area contributed by atoms with Crippen molar-refractivity contribution in [3.8, 4) is 5.75 Å². The van der Waals surface area contributed by atoms with E-state index in [1.807, 2.05) is 24.3 Å². The summed E-state index contributed by atoms with van der Waals surface area (Å²) in [5.41, 5.74) is 1.06. The van der Waals surface area contributed by atoms with Gasteiger partial charge in [0.2, 0.25) is 0 Å². The highest BCUT2D eigenvalue weighted by molar-refractivity contribution is 14.0. The molecule has 2 rings (SSSR count). The van der Waals surface area contributed by atoms with E-state index in [9.17, 15) is 5.11 Å². The van der Waals surface area contributed by atoms with Crippen molar-refractivity contribution in [2.24, 2.45) is 4.99 Å². The third-order valence-electron chi connectivity index (χ3n) is 3.83. The van der Waals surface area contributed by atoms with Crippen LogP contribution < -0.4 is 10.1 Å². The van der Waals surface area contributed by atoms with Crippen LogP contribution in [0.3, 0.4) is 0 Å². The minimum Gasteiger partial charge on any atom is -0.489 e. The lowest BCUT2D eigenvalue weighted by atomic mass is 10.1. The molecule has 1 saturated heterocycles. The molecular formula is C18H28IN3O2. The van der Waals surface area contributed by atoms with Gasteiger partial charge in [-0.25, -0.2) is 4.99 Å². The minimum atomic E-state index is -0.179. The molecule has 0 aromatic heterocycles. The average Bonchev–Trinajstić information content (AvgIpc) is 2.58. The molecule has 1 heterocycles. The topological polar surface area (TPSA) is 57.1 Å². The van der Waals surface area contributed by atoms with Crippen LogP contribution in [-0.2, 0) is 6.54 Å². The fourth-order valence-corrected chi connectivity index (χ4v) is 2.59. The molecule has 0 saturated carbocycles. The molecule has 1 fully saturated rings. The van der Waals surface area contributed by atoms with E-state index in [4.69, 9.17) is 9.73 Å². The summed E-state index contributed by atoms with van der Waals surface area (Å²) in [7, 11) is 0. The van der Waals surface area contributed by atoms with E-state index in [0.717, 1.165) is 49.7 Å². The van der Waals surface area contributed by atoms with Gasteiger partial charge in [0, 0.05) is 25.2 Å². The van der Waals surface area contributed by atoms with Crippen molar-refractivity contribution in [2.45, 2.75) is 32.4 Å². The highest BCUT2D eigenvalue weighted by Crippen LogP contribution is 2.19. The number of guanidine groups is 1. The van der Waals surface area contributed by atoms with Crippen molar-refractivity contribution in [3.05, 3.63) is 42.5 Å². The lowest BCUT2D eigenvalue weighted by Gasteiger charge is -2.32. The third-order valence-corrected chi connectivity index (χ3v) is 3.83. The second-order valence-corrected chi connectivity index (χ2v) is 5.60. The number of rotatable bonds is 6. The van der Waals surface area contributed by atoms with E-state index in [1.54, 1.807) is 6.08 Å². The van der Waals surface area contributed by atoms with Gasteiger partial charge in [-0.1, -0.05) is 30.9 Å². The molecule has 1 aliphatic heterocycles. The maximum Gasteiger partial charge on any atom is 0.194 e. The molecule has 5 nitrogen and oxygen atoms in total. The molecule has 0 bridgehead atoms. The number of piperidine rings is 1. The van der Waals surface area contributed by atoms with Crippen molar-refractivity contribution in [3.63, 3.8) is 0 Å². The Kier molecular flexibility index (Phi) is 9.78. The SMILES string of the molecule is C=CCOc1ccccc1CN=C(NCC)N1CCC(O)CC1.I. The van der Waals surface area contributed by atoms with E-state index in [2.05, 4.69) is 23.7 Å². The second-order valence-electron chi connectivity index (χ2n) is 5.60. The van der Waals surface area contributed by atoms with Crippen molar-refractivity contribution in [2.75, 3.05) is 26.2 Å². The Bertz CT molecular complexity index is 529. The monoisotopic (exact) mass is 445 g/mol. The molecule has 1 aromatic rings. The molecule has 6 heteroatoms. The van der Waals surface area contributed by atoms with E-state index in [-0.39, 0.29) is 30.1 Å². The molecule has 0 spiro atoms. The minimum absolute atomic E-state index is 0. The molecule has 0 radical (unpaired) electrons. The van der Waals surface area contributed by atoms with Gasteiger partial charge in [0.05, 0.1) is 12.6 Å². The maximum atomic E-state index is 9.65. The molecule has 1 aliphatic rings. The van der Waals surface area contributed by atoms with Gasteiger partial charge >= 0.3 is 0 Å². The summed E-state index contributed by atoms with van der Waals surface area (Å²) in [6, 6.07) is 7.95. The number of para-hydroxylation sites is 1. The number of hydrogen-bond acceptors (Lipinski definition) is 3. The first kappa shape index (κ1) is 20.8. The number of ether oxygens (including phenoxy) is 1. The number of benzene rings is 1. The van der Waals surface area contributed by atoms with Crippen LogP contribution in [0.2, 0.25) is 0 Å². The first-order valence-corrected chi connectivity index (χ1v) is 8.27. The smallest absolute Gasteiger partial charge is 0.194 e. The number of likely N-dealkylation sites (tertiary alicyclic amines) is 1. The Balaban J connectivity index is 0.00000288. The molecule has 1 aromatic carbocycles. The molecular weight excluding hydrogens is 417 g/mol. The second kappa shape index (κ2) is 11.3. The van der Waals surface area contributed by atoms with Crippen LogP contribution >= 0.6 is 24.0 Å². The fourth-order valence-electron chi connectivity index (χ4n) is 2.59. The van der Waals surface area contributed by atoms with E-state index in [0.29, 0.717) is 13.2 Å². The van der Waals surface area contributed by atoms with Gasteiger partial charge in [-0.15, -0.1) is 24.0 Å². The summed E-state index contributed by atoms with van der Waals surface area (Å²) in [5.74, 6) is 1.75. The first-order valence-electron chi connectivity index (χ1n) is 8.27. The van der Waals surface area contributed by atoms with Crippen molar-refractivity contribution >= 4 is 29.9 Å². The van der Waals surface area contributed by atoms with Gasteiger partial charge < -0.3 is 20.1 Å². The Morgan fingerprint density at radius 2 is 2.12 bits per heavy atom. The van der Waals surface area contributed by atoms with Gasteiger partial charge in [0.1, 0.15) is 12.4 Å². The molecule has 0 unspecified atom stereocenters. The van der Waals surface area contributed by atoms with E-state index >= 15 is 0 Å². The number of aliphatic hydroxyl groups excluding tert-OH is 1. The molecule has 0 atom stereocenters. The lowest BCUT2D eigenvalue weighted by Crippen LogP contribution is -2.46. The predicted molar refractivity (Wildman–Crippen MR) is 109 cm³/mol. The number of nitrogens with zero attached hydrogens (tertiary/aromatic N) is 2. The summed E-state index contributed by atoms with van der Waals surface area (Å²) < 4.78 is 5.68. The van der Waals surface area contributed by atoms with E-state index < -0.39 is 0 Å². The predicted octanol–water partition coefficient (Wildman–Crippen LogP) is 2.79. The van der Waals surface area contributed by atoms with Crippen molar-refractivity contribution in [1.29, 1.82) is 0 Å². The highest BCUT2D eigenvalue weighted by atomic mass is 127. The number of aliphatic imine (C=N–C) groups is 1. The summed E-state index contributed by atoms with van der Waals surface area (Å²) >= 11 is 0. The quantitative estimate of drug-likeness (QED) is 0.306. The number of nitrogens with one attached hydrogen (secondary N) is 1. The molecule has 0 amide bonds. The largest absolute Gasteiger partial charge is 0.489 e. The molecule has 0 aliphatic carbocycles. The zero-order valence-electron chi connectivity index (χ0n) is 14.3. The Morgan fingerprint density at radius 3 is 2.79 bits per heavy atom. The average molecular weight is 445 g/mol. The van der Waals surface area contributed by atoms with Crippen LogP contribution in [-0.4, -0.2) is 48.3 Å². The molecule has 24 heavy (non-hydrogen) atoms. The summed E-state index contributed by atoms with van der Waals surface area (Å²) in [5, 5.41) is 13.0. The van der Waals surface area contributed by atoms with Crippen molar-refractivity contribution < 1.29 is 9.84 Å². The fraction of sp³-hybridized carbons (Fsp3) is 0.500. The van der Waals surface area contributed by atoms with Crippen LogP contribution in [0.15, 0.2) is 41.9 Å². The van der Waals surface area contributed by atoms with Gasteiger partial charge in [0.15, 0.2) is 5.96 Å². The van der Waals surface area contributed by atoms with Gasteiger partial charge in [-0.05, 0) is 25.8 Å². The van der Waals surface area contributed by atoms with Gasteiger partial charge in [-0.3, -0.25) is 0 Å². The number of halogens is 1. The van der Waals surface area contributed by atoms with Gasteiger partial charge in [-0.2, -0.15) is 0 Å². The number of hydrogen-bond donors (Lipinski definition) is 2. The zero-order chi connectivity index (χ0) is 16.5. The van der Waals surface area contributed by atoms with Crippen molar-refractivity contribution in [1.82, 2.24) is 10.2 Å². The summed E-state index contributed by atoms with van der Waals surface area (Å²) in [4.78, 5) is 6.96. The third kappa shape index (κ3) is 6.32. The van der Waals surface area contributed by atoms with Crippen LogP contribution in [0.25, 0.3) is 0 Å². The lowest BCUT2D eigenvalue weighted by molar-refractivity contribution is 0.108. The Hall–Kier alpha value is -1.28. The summed E-state index contributed by atoms with van der Waals surface area (Å²) in [6.07, 6.45) is 3.15. The Morgan fingerprint density at radius 1 is 1.42 bits per heavy atom. The van der Waals surface area contributed by atoms with Gasteiger partial charge in [0.25, 0.3) is 0 Å². The van der Waals surface area contributed by atoms with Crippen LogP contribution in [0.4, 0.5) is 0 Å². The van der Waals surface area contributed by atoms with Crippen LogP contribution in [0.1, 0.15) is 25.3 Å². The maximum absolute atomic E-state index is 9.65. The highest BCUT2D eigenvalue weighted by Gasteiger charge is 2.19. The number of aliphatic hydroxyl groups is 1. The Labute approximate surface area is 161 Å². The zero-order valence-corrected chi connectivity index (χ0v) is 16.6. The molecule has 2 N–H and O–H groups in total. The van der Waals surface area contributed by atoms with Crippen LogP contribution in [0.5, 0.6) is 5.75 Å². The van der Waals surface area contributed by atoms with Crippen LogP contribution in [0, 0.1) is 0 Å². The first-order chi connectivity index (χ1) is 11.2. The summed E-state index contributed by atoms with van der Waals surface area (Å²) in [6.45, 7) is 9.30. The molecule has 134 valence electrons. The van der Waals surface area contributed by atoms with E-state index in [1.165, 1.54) is 0 Å².